The largest absolute Gasteiger partial charge is 0.310 e. The molecule has 12 aromatic carbocycles. The van der Waals surface area contributed by atoms with Gasteiger partial charge in [0.05, 0.1) is 17.1 Å². The highest BCUT2D eigenvalue weighted by atomic mass is 15.2. The second-order valence-electron chi connectivity index (χ2n) is 28.9. The number of anilines is 12. The third kappa shape index (κ3) is 9.69. The summed E-state index contributed by atoms with van der Waals surface area (Å²) in [4.78, 5) is 10.1. The van der Waals surface area contributed by atoms with Gasteiger partial charge < -0.3 is 19.6 Å². The number of nitrogens with zero attached hydrogens (tertiary/aromatic N) is 4. The molecule has 2 aliphatic rings. The van der Waals surface area contributed by atoms with Crippen LogP contribution < -0.4 is 19.6 Å². The molecule has 4 heteroatoms. The number of hydrogen-bond acceptors (Lipinski definition) is 4. The van der Waals surface area contributed by atoms with Gasteiger partial charge in [0.2, 0.25) is 0 Å². The predicted octanol–water partition coefficient (Wildman–Crippen LogP) is 24.2. The summed E-state index contributed by atoms with van der Waals surface area (Å²) in [5.74, 6) is 0. The van der Waals surface area contributed by atoms with Gasteiger partial charge in [-0.3, -0.25) is 0 Å². The van der Waals surface area contributed by atoms with Crippen LogP contribution in [0.3, 0.4) is 0 Å². The molecule has 0 aliphatic carbocycles. The van der Waals surface area contributed by atoms with E-state index in [0.29, 0.717) is 0 Å². The van der Waals surface area contributed by atoms with Crippen molar-refractivity contribution < 1.29 is 0 Å². The second-order valence-corrected chi connectivity index (χ2v) is 28.9. The van der Waals surface area contributed by atoms with E-state index in [2.05, 4.69) is 358 Å². The predicted molar refractivity (Wildman–Crippen MR) is 378 cm³/mol. The minimum atomic E-state index is -0.474. The molecule has 4 nitrogen and oxygen atoms in total. The fourth-order valence-electron chi connectivity index (χ4n) is 13.9. The summed E-state index contributed by atoms with van der Waals surface area (Å²) in [7, 11) is 0. The highest BCUT2D eigenvalue weighted by Crippen LogP contribution is 2.63. The molecular weight excluding hydrogens is 1060 g/mol. The van der Waals surface area contributed by atoms with Gasteiger partial charge in [0.25, 0.3) is 0 Å². The van der Waals surface area contributed by atoms with Crippen molar-refractivity contribution in [1.82, 2.24) is 0 Å². The van der Waals surface area contributed by atoms with Crippen molar-refractivity contribution in [3.63, 3.8) is 0 Å². The maximum atomic E-state index is 2.62. The van der Waals surface area contributed by atoms with Crippen LogP contribution in [0, 0.1) is 0 Å². The molecule has 0 aromatic heterocycles. The zero-order chi connectivity index (χ0) is 61.2. The van der Waals surface area contributed by atoms with Crippen molar-refractivity contribution in [3.8, 4) is 0 Å². The summed E-state index contributed by atoms with van der Waals surface area (Å²) >= 11 is 0. The van der Waals surface area contributed by atoms with Gasteiger partial charge in [0.15, 0.2) is 0 Å². The number of hydrogen-bond donors (Lipinski definition) is 0. The molecule has 0 fully saturated rings. The zero-order valence-corrected chi connectivity index (χ0v) is 53.5. The van der Waals surface area contributed by atoms with Crippen LogP contribution in [0.15, 0.2) is 249 Å². The van der Waals surface area contributed by atoms with Crippen molar-refractivity contribution in [2.45, 2.75) is 117 Å². The Balaban J connectivity index is 1.02. The third-order valence-electron chi connectivity index (χ3n) is 19.2. The van der Waals surface area contributed by atoms with E-state index in [1.165, 1.54) is 88.3 Å². The van der Waals surface area contributed by atoms with Gasteiger partial charge >= 0.3 is 0 Å². The van der Waals surface area contributed by atoms with Crippen LogP contribution in [0.2, 0.25) is 0 Å². The topological polar surface area (TPSA) is 13.0 Å². The molecule has 0 atom stereocenters. The second kappa shape index (κ2) is 20.6. The average Bonchev–Trinajstić information content (AvgIpc) is 0.688. The lowest BCUT2D eigenvalue weighted by Gasteiger charge is -2.50. The molecule has 12 aromatic rings. The summed E-state index contributed by atoms with van der Waals surface area (Å²) in [6.07, 6.45) is 0. The number of fused-ring (bicyclic) bond motifs is 7. The molecule has 0 unspecified atom stereocenters. The van der Waals surface area contributed by atoms with E-state index in [0.717, 1.165) is 51.2 Å². The number of rotatable bonds is 9. The molecule has 14 rings (SSSR count). The van der Waals surface area contributed by atoms with Gasteiger partial charge in [0, 0.05) is 62.0 Å². The van der Waals surface area contributed by atoms with Crippen LogP contribution in [0.5, 0.6) is 0 Å². The monoisotopic (exact) mass is 1140 g/mol. The fourth-order valence-corrected chi connectivity index (χ4v) is 13.9. The molecule has 0 amide bonds. The van der Waals surface area contributed by atoms with Crippen LogP contribution in [-0.2, 0) is 27.1 Å². The van der Waals surface area contributed by atoms with E-state index in [1.807, 2.05) is 0 Å². The highest BCUT2D eigenvalue weighted by molar-refractivity contribution is 5.99. The third-order valence-corrected chi connectivity index (χ3v) is 19.2. The Morgan fingerprint density at radius 3 is 0.807 bits per heavy atom. The Hall–Kier alpha value is -9.38. The molecular formula is C84H80N4. The first-order valence-corrected chi connectivity index (χ1v) is 31.5. The Labute approximate surface area is 522 Å². The lowest BCUT2D eigenvalue weighted by atomic mass is 9.66. The minimum Gasteiger partial charge on any atom is -0.310 e. The molecule has 436 valence electrons. The first-order chi connectivity index (χ1) is 42.0. The van der Waals surface area contributed by atoms with E-state index in [-0.39, 0.29) is 16.2 Å². The summed E-state index contributed by atoms with van der Waals surface area (Å²) in [5, 5.41) is 7.29. The molecule has 0 saturated carbocycles. The van der Waals surface area contributed by atoms with Crippen LogP contribution in [0.25, 0.3) is 32.3 Å². The van der Waals surface area contributed by atoms with E-state index in [4.69, 9.17) is 0 Å². The molecule has 2 aliphatic heterocycles. The fraction of sp³-hybridized carbons (Fsp3) is 0.214. The van der Waals surface area contributed by atoms with Gasteiger partial charge in [-0.2, -0.15) is 0 Å². The van der Waals surface area contributed by atoms with E-state index in [9.17, 15) is 0 Å². The summed E-state index contributed by atoms with van der Waals surface area (Å²) in [6, 6.07) is 94.3. The van der Waals surface area contributed by atoms with Crippen molar-refractivity contribution in [2.24, 2.45) is 0 Å². The Kier molecular flexibility index (Phi) is 13.2. The maximum Gasteiger partial charge on any atom is 0.0545 e. The highest BCUT2D eigenvalue weighted by Gasteiger charge is 2.47. The van der Waals surface area contributed by atoms with Crippen LogP contribution >= 0.6 is 0 Å². The molecule has 2 heterocycles. The van der Waals surface area contributed by atoms with Crippen LogP contribution in [0.4, 0.5) is 68.2 Å². The minimum absolute atomic E-state index is 0.00217. The van der Waals surface area contributed by atoms with Gasteiger partial charge in [0.1, 0.15) is 0 Å². The Bertz CT molecular complexity index is 4450. The van der Waals surface area contributed by atoms with E-state index < -0.39 is 10.8 Å². The Morgan fingerprint density at radius 2 is 0.500 bits per heavy atom. The van der Waals surface area contributed by atoms with Gasteiger partial charge in [-0.25, -0.2) is 0 Å². The van der Waals surface area contributed by atoms with Crippen molar-refractivity contribution in [1.29, 1.82) is 0 Å². The van der Waals surface area contributed by atoms with Crippen molar-refractivity contribution >= 4 is 101 Å². The van der Waals surface area contributed by atoms with Crippen molar-refractivity contribution in [3.05, 3.63) is 288 Å². The van der Waals surface area contributed by atoms with Gasteiger partial charge in [-0.1, -0.05) is 217 Å². The molecule has 0 bridgehead atoms. The first kappa shape index (κ1) is 56.4. The summed E-state index contributed by atoms with van der Waals surface area (Å²) in [6.45, 7) is 30.5. The van der Waals surface area contributed by atoms with Crippen molar-refractivity contribution in [2.75, 3.05) is 19.6 Å². The molecule has 0 saturated heterocycles. The van der Waals surface area contributed by atoms with Crippen LogP contribution in [-0.4, -0.2) is 0 Å². The van der Waals surface area contributed by atoms with E-state index >= 15 is 0 Å². The SMILES string of the molecule is CC(C)(C)c1ccc(N(c2ccc3c(c2)C(C)(C)c2cc(N(c4ccc(C(C)(C)C)cc4)c4ccc5ccccc5c4)cc4c2N3c2ccc(N(c3ccc(C(C)(C)C)cc3)c3ccc5ccccc5c3)cc2C4(C)C)c2ccc3ccccc3c2)cc1. The van der Waals surface area contributed by atoms with E-state index in [1.54, 1.807) is 0 Å². The zero-order valence-electron chi connectivity index (χ0n) is 53.5. The molecule has 0 N–H and O–H groups in total. The lowest BCUT2D eigenvalue weighted by molar-refractivity contribution is 0.590. The standard InChI is InChI=1S/C84H80N4/c1-80(2,3)61-29-38-64(39-30-61)85(67-35-26-55-20-14-17-23-58(55)48-67)70-44-46-77-73(51-70)83(10,11)75-53-72(87(66-42-33-63(34-43-66)82(7,8)9)69-37-28-57-22-16-19-25-60(57)50-69)54-76-79(75)88(77)78-47-45-71(52-74(78)84(76,12)13)86(65-40-31-62(32-41-65)81(4,5)6)68-36-27-56-21-15-18-24-59(56)49-68/h14-54H,1-13H3. The number of benzene rings is 12. The molecule has 88 heavy (non-hydrogen) atoms. The summed E-state index contributed by atoms with van der Waals surface area (Å²) < 4.78 is 0. The maximum absolute atomic E-state index is 2.62. The normalized spacial score (nSPS) is 14.1. The lowest BCUT2D eigenvalue weighted by Crippen LogP contribution is -2.38. The quantitative estimate of drug-likeness (QED) is 0.143. The first-order valence-electron chi connectivity index (χ1n) is 31.5. The van der Waals surface area contributed by atoms with Gasteiger partial charge in [-0.15, -0.1) is 0 Å². The smallest absolute Gasteiger partial charge is 0.0545 e. The Morgan fingerprint density at radius 1 is 0.250 bits per heavy atom. The molecule has 0 radical (unpaired) electrons. The average molecular weight is 1150 g/mol. The molecule has 0 spiro atoms. The summed E-state index contributed by atoms with van der Waals surface area (Å²) in [5.41, 5.74) is 21.8. The van der Waals surface area contributed by atoms with Crippen LogP contribution in [0.1, 0.15) is 129 Å². The van der Waals surface area contributed by atoms with Gasteiger partial charge in [-0.05, 0) is 209 Å².